The molecule has 1 N–H and O–H groups in total. The molecule has 0 bridgehead atoms. The maximum absolute atomic E-state index is 11.9. The van der Waals surface area contributed by atoms with Gasteiger partial charge in [0.25, 0.3) is 5.91 Å². The van der Waals surface area contributed by atoms with E-state index in [0.717, 1.165) is 6.26 Å². The van der Waals surface area contributed by atoms with E-state index in [4.69, 9.17) is 16.3 Å². The summed E-state index contributed by atoms with van der Waals surface area (Å²) < 4.78 is 28.6. The third-order valence-electron chi connectivity index (χ3n) is 2.76. The number of amides is 1. The van der Waals surface area contributed by atoms with Crippen LogP contribution in [0, 0.1) is 0 Å². The molecule has 0 aliphatic carbocycles. The Morgan fingerprint density at radius 3 is 2.45 bits per heavy atom. The van der Waals surface area contributed by atoms with Crippen LogP contribution in [0.1, 0.15) is 0 Å². The smallest absolute Gasteiger partial charge is 0.262 e. The van der Waals surface area contributed by atoms with Gasteiger partial charge in [-0.05, 0) is 24.3 Å². The topological polar surface area (TPSA) is 72.5 Å². The second-order valence-corrected chi connectivity index (χ2v) is 6.93. The summed E-state index contributed by atoms with van der Waals surface area (Å²) in [7, 11) is -3.43. The fourth-order valence-corrected chi connectivity index (χ4v) is 2.82. The van der Waals surface area contributed by atoms with Crippen molar-refractivity contribution < 1.29 is 17.9 Å². The van der Waals surface area contributed by atoms with Crippen molar-refractivity contribution in [2.45, 2.75) is 4.90 Å². The summed E-state index contributed by atoms with van der Waals surface area (Å²) in [5.41, 5.74) is 0.220. The molecule has 0 atom stereocenters. The highest BCUT2D eigenvalue weighted by Gasteiger charge is 2.14. The molecular weight excluding hydrogens is 326 g/mol. The number of hydrogen-bond donors (Lipinski definition) is 1. The second-order valence-electron chi connectivity index (χ2n) is 4.54. The van der Waals surface area contributed by atoms with Gasteiger partial charge in [0.05, 0.1) is 15.6 Å². The van der Waals surface area contributed by atoms with Crippen molar-refractivity contribution in [1.29, 1.82) is 0 Å². The molecule has 116 valence electrons. The standard InChI is InChI=1S/C15H14ClNO4S/c1-22(19,20)14-9-5-3-7-12(14)17-15(18)10-21-13-8-4-2-6-11(13)16/h2-9H,10H2,1H3,(H,17,18). The van der Waals surface area contributed by atoms with Gasteiger partial charge in [0.2, 0.25) is 0 Å². The Labute approximate surface area is 133 Å². The quantitative estimate of drug-likeness (QED) is 0.909. The van der Waals surface area contributed by atoms with E-state index in [9.17, 15) is 13.2 Å². The van der Waals surface area contributed by atoms with Crippen LogP contribution in [0.4, 0.5) is 5.69 Å². The predicted molar refractivity (Wildman–Crippen MR) is 85.1 cm³/mol. The Balaban J connectivity index is 2.06. The van der Waals surface area contributed by atoms with Gasteiger partial charge in [-0.1, -0.05) is 35.9 Å². The highest BCUT2D eigenvalue weighted by Crippen LogP contribution is 2.23. The molecule has 0 saturated heterocycles. The van der Waals surface area contributed by atoms with E-state index < -0.39 is 15.7 Å². The van der Waals surface area contributed by atoms with Gasteiger partial charge in [-0.25, -0.2) is 8.42 Å². The van der Waals surface area contributed by atoms with Crippen LogP contribution in [0.15, 0.2) is 53.4 Å². The van der Waals surface area contributed by atoms with Gasteiger partial charge < -0.3 is 10.1 Å². The molecule has 1 amide bonds. The zero-order chi connectivity index (χ0) is 16.2. The number of rotatable bonds is 5. The molecule has 22 heavy (non-hydrogen) atoms. The van der Waals surface area contributed by atoms with Crippen molar-refractivity contribution in [3.8, 4) is 5.75 Å². The predicted octanol–water partition coefficient (Wildman–Crippen LogP) is 2.76. The number of sulfone groups is 1. The summed E-state index contributed by atoms with van der Waals surface area (Å²) in [6.07, 6.45) is 1.08. The lowest BCUT2D eigenvalue weighted by Gasteiger charge is -2.11. The summed E-state index contributed by atoms with van der Waals surface area (Å²) in [6, 6.07) is 12.9. The van der Waals surface area contributed by atoms with Gasteiger partial charge in [-0.15, -0.1) is 0 Å². The summed E-state index contributed by atoms with van der Waals surface area (Å²) in [6.45, 7) is -0.276. The SMILES string of the molecule is CS(=O)(=O)c1ccccc1NC(=O)COc1ccccc1Cl. The molecule has 0 radical (unpaired) electrons. The van der Waals surface area contributed by atoms with Gasteiger partial charge in [0.1, 0.15) is 5.75 Å². The number of anilines is 1. The molecule has 7 heteroatoms. The van der Waals surface area contributed by atoms with Gasteiger partial charge in [-0.2, -0.15) is 0 Å². The first-order valence-corrected chi connectivity index (χ1v) is 8.61. The van der Waals surface area contributed by atoms with Gasteiger partial charge in [0.15, 0.2) is 16.4 Å². The molecule has 0 spiro atoms. The van der Waals surface area contributed by atoms with Crippen LogP contribution >= 0.6 is 11.6 Å². The maximum atomic E-state index is 11.9. The molecule has 0 saturated carbocycles. The summed E-state index contributed by atoms with van der Waals surface area (Å²) in [4.78, 5) is 12.0. The van der Waals surface area contributed by atoms with E-state index in [1.807, 2.05) is 0 Å². The zero-order valence-corrected chi connectivity index (χ0v) is 13.3. The largest absolute Gasteiger partial charge is 0.482 e. The lowest BCUT2D eigenvalue weighted by molar-refractivity contribution is -0.118. The van der Waals surface area contributed by atoms with Crippen LogP contribution in [-0.2, 0) is 14.6 Å². The number of halogens is 1. The van der Waals surface area contributed by atoms with Gasteiger partial charge >= 0.3 is 0 Å². The van der Waals surface area contributed by atoms with Crippen molar-refractivity contribution in [3.05, 3.63) is 53.6 Å². The zero-order valence-electron chi connectivity index (χ0n) is 11.7. The number of nitrogens with one attached hydrogen (secondary N) is 1. The van der Waals surface area contributed by atoms with E-state index in [0.29, 0.717) is 10.8 Å². The van der Waals surface area contributed by atoms with E-state index in [1.165, 1.54) is 12.1 Å². The number of ether oxygens (including phenoxy) is 1. The Kier molecular flexibility index (Phi) is 5.05. The highest BCUT2D eigenvalue weighted by molar-refractivity contribution is 7.90. The van der Waals surface area contributed by atoms with E-state index in [2.05, 4.69) is 5.32 Å². The molecule has 2 aromatic carbocycles. The third-order valence-corrected chi connectivity index (χ3v) is 4.22. The third kappa shape index (κ3) is 4.22. The van der Waals surface area contributed by atoms with Crippen LogP contribution in [0.3, 0.4) is 0 Å². The molecule has 0 aromatic heterocycles. The Morgan fingerprint density at radius 2 is 1.77 bits per heavy atom. The first-order valence-electron chi connectivity index (χ1n) is 6.34. The van der Waals surface area contributed by atoms with Crippen molar-refractivity contribution in [3.63, 3.8) is 0 Å². The highest BCUT2D eigenvalue weighted by atomic mass is 35.5. The van der Waals surface area contributed by atoms with Crippen molar-refractivity contribution in [2.24, 2.45) is 0 Å². The van der Waals surface area contributed by atoms with Crippen molar-refractivity contribution >= 4 is 33.0 Å². The van der Waals surface area contributed by atoms with Crippen LogP contribution < -0.4 is 10.1 Å². The second kappa shape index (κ2) is 6.81. The molecule has 5 nitrogen and oxygen atoms in total. The number of hydrogen-bond acceptors (Lipinski definition) is 4. The summed E-state index contributed by atoms with van der Waals surface area (Å²) >= 11 is 5.92. The van der Waals surface area contributed by atoms with E-state index in [-0.39, 0.29) is 17.2 Å². The maximum Gasteiger partial charge on any atom is 0.262 e. The number of carbonyl (C=O) groups is 1. The fourth-order valence-electron chi connectivity index (χ4n) is 1.78. The average Bonchev–Trinajstić information content (AvgIpc) is 2.46. The van der Waals surface area contributed by atoms with Crippen LogP contribution in [0.5, 0.6) is 5.75 Å². The Bertz CT molecular complexity index is 790. The molecule has 0 heterocycles. The first kappa shape index (κ1) is 16.3. The minimum absolute atomic E-state index is 0.0566. The Hall–Kier alpha value is -2.05. The molecule has 0 aliphatic rings. The van der Waals surface area contributed by atoms with Crippen molar-refractivity contribution in [2.75, 3.05) is 18.2 Å². The lowest BCUT2D eigenvalue weighted by Crippen LogP contribution is -2.21. The molecule has 2 aromatic rings. The Morgan fingerprint density at radius 1 is 1.14 bits per heavy atom. The minimum atomic E-state index is -3.43. The van der Waals surface area contributed by atoms with Crippen molar-refractivity contribution in [1.82, 2.24) is 0 Å². The monoisotopic (exact) mass is 339 g/mol. The minimum Gasteiger partial charge on any atom is -0.482 e. The van der Waals surface area contributed by atoms with E-state index in [1.54, 1.807) is 36.4 Å². The lowest BCUT2D eigenvalue weighted by atomic mass is 10.3. The molecule has 0 aliphatic heterocycles. The van der Waals surface area contributed by atoms with Gasteiger partial charge in [-0.3, -0.25) is 4.79 Å². The average molecular weight is 340 g/mol. The van der Waals surface area contributed by atoms with Crippen LogP contribution in [0.2, 0.25) is 5.02 Å². The van der Waals surface area contributed by atoms with E-state index >= 15 is 0 Å². The number of para-hydroxylation sites is 2. The summed E-state index contributed by atoms with van der Waals surface area (Å²) in [5.74, 6) is -0.0910. The van der Waals surface area contributed by atoms with Crippen LogP contribution in [0.25, 0.3) is 0 Å². The normalized spacial score (nSPS) is 11.0. The molecule has 2 rings (SSSR count). The van der Waals surface area contributed by atoms with Crippen LogP contribution in [-0.4, -0.2) is 27.2 Å². The molecular formula is C15H14ClNO4S. The summed E-state index contributed by atoms with van der Waals surface area (Å²) in [5, 5.41) is 2.92. The number of benzene rings is 2. The molecule has 0 unspecified atom stereocenters. The molecule has 0 fully saturated rings. The van der Waals surface area contributed by atoms with Gasteiger partial charge in [0, 0.05) is 6.26 Å². The number of carbonyl (C=O) groups excluding carboxylic acids is 1. The first-order chi connectivity index (χ1) is 10.4. The fraction of sp³-hybridized carbons (Fsp3) is 0.133.